The molecular formula is C26H25N3O2. The van der Waals surface area contributed by atoms with Crippen LogP contribution < -0.4 is 5.32 Å². The third kappa shape index (κ3) is 5.45. The van der Waals surface area contributed by atoms with Crippen molar-refractivity contribution in [3.63, 3.8) is 0 Å². The fourth-order valence-electron chi connectivity index (χ4n) is 3.37. The van der Waals surface area contributed by atoms with Gasteiger partial charge in [-0.1, -0.05) is 97.8 Å². The fraction of sp³-hybridized carbons (Fsp3) is 0.192. The van der Waals surface area contributed by atoms with Crippen LogP contribution in [0.4, 0.5) is 6.01 Å². The van der Waals surface area contributed by atoms with Gasteiger partial charge in [-0.15, -0.1) is 5.10 Å². The van der Waals surface area contributed by atoms with Gasteiger partial charge in [0.15, 0.2) is 0 Å². The molecule has 0 aliphatic carbocycles. The molecule has 0 unspecified atom stereocenters. The van der Waals surface area contributed by atoms with E-state index >= 15 is 0 Å². The number of benzene rings is 3. The summed E-state index contributed by atoms with van der Waals surface area (Å²) in [7, 11) is 0. The van der Waals surface area contributed by atoms with Crippen LogP contribution in [0.25, 0.3) is 11.1 Å². The van der Waals surface area contributed by atoms with E-state index in [1.165, 1.54) is 5.56 Å². The van der Waals surface area contributed by atoms with Crippen LogP contribution in [0.3, 0.4) is 0 Å². The lowest BCUT2D eigenvalue weighted by molar-refractivity contribution is -0.115. The van der Waals surface area contributed by atoms with Crippen molar-refractivity contribution >= 4 is 11.9 Å². The molecule has 31 heavy (non-hydrogen) atoms. The van der Waals surface area contributed by atoms with Gasteiger partial charge < -0.3 is 4.42 Å². The SMILES string of the molecule is CC(C)c1ccc(Cc2nnc(NC(=O)Cc3ccc(-c4ccccc4)cc3)o2)cc1. The number of anilines is 1. The zero-order valence-corrected chi connectivity index (χ0v) is 17.7. The summed E-state index contributed by atoms with van der Waals surface area (Å²) >= 11 is 0. The lowest BCUT2D eigenvalue weighted by Gasteiger charge is -2.05. The Morgan fingerprint density at radius 2 is 1.48 bits per heavy atom. The van der Waals surface area contributed by atoms with E-state index in [1.807, 2.05) is 42.5 Å². The Bertz CT molecular complexity index is 1130. The van der Waals surface area contributed by atoms with Crippen molar-refractivity contribution in [3.05, 3.63) is 101 Å². The lowest BCUT2D eigenvalue weighted by Crippen LogP contribution is -2.14. The Hall–Kier alpha value is -3.73. The highest BCUT2D eigenvalue weighted by molar-refractivity contribution is 5.90. The van der Waals surface area contributed by atoms with E-state index in [9.17, 15) is 4.79 Å². The maximum atomic E-state index is 12.4. The first-order chi connectivity index (χ1) is 15.1. The highest BCUT2D eigenvalue weighted by atomic mass is 16.4. The predicted octanol–water partition coefficient (Wildman–Crippen LogP) is 5.63. The van der Waals surface area contributed by atoms with Crippen LogP contribution in [0, 0.1) is 0 Å². The molecule has 0 fully saturated rings. The topological polar surface area (TPSA) is 68.0 Å². The second kappa shape index (κ2) is 9.39. The van der Waals surface area contributed by atoms with Gasteiger partial charge in [0.2, 0.25) is 11.8 Å². The molecule has 3 aromatic carbocycles. The van der Waals surface area contributed by atoms with E-state index in [1.54, 1.807) is 0 Å². The minimum absolute atomic E-state index is 0.125. The summed E-state index contributed by atoms with van der Waals surface area (Å²) in [6, 6.07) is 26.6. The van der Waals surface area contributed by atoms with Crippen molar-refractivity contribution in [1.29, 1.82) is 0 Å². The van der Waals surface area contributed by atoms with Crippen LogP contribution >= 0.6 is 0 Å². The number of nitrogens with zero attached hydrogens (tertiary/aromatic N) is 2. The second-order valence-electron chi connectivity index (χ2n) is 7.86. The molecule has 4 rings (SSSR count). The zero-order valence-electron chi connectivity index (χ0n) is 17.7. The molecule has 0 saturated heterocycles. The van der Waals surface area contributed by atoms with Crippen molar-refractivity contribution in [2.45, 2.75) is 32.6 Å². The molecule has 156 valence electrons. The lowest BCUT2D eigenvalue weighted by atomic mass is 10.0. The van der Waals surface area contributed by atoms with Gasteiger partial charge in [0.25, 0.3) is 0 Å². The number of aromatic nitrogens is 2. The van der Waals surface area contributed by atoms with Gasteiger partial charge in [-0.25, -0.2) is 0 Å². The molecule has 5 heteroatoms. The third-order valence-electron chi connectivity index (χ3n) is 5.14. The number of carbonyl (C=O) groups excluding carboxylic acids is 1. The molecule has 4 aromatic rings. The van der Waals surface area contributed by atoms with E-state index in [2.05, 4.69) is 65.8 Å². The average molecular weight is 412 g/mol. The largest absolute Gasteiger partial charge is 0.407 e. The summed E-state index contributed by atoms with van der Waals surface area (Å²) in [5.74, 6) is 0.776. The van der Waals surface area contributed by atoms with Gasteiger partial charge in [-0.05, 0) is 33.7 Å². The van der Waals surface area contributed by atoms with E-state index < -0.39 is 0 Å². The van der Waals surface area contributed by atoms with E-state index in [-0.39, 0.29) is 18.3 Å². The maximum absolute atomic E-state index is 12.4. The highest BCUT2D eigenvalue weighted by Gasteiger charge is 2.11. The summed E-state index contributed by atoms with van der Waals surface area (Å²) in [5.41, 5.74) is 5.56. The smallest absolute Gasteiger partial charge is 0.322 e. The quantitative estimate of drug-likeness (QED) is 0.428. The molecule has 1 amide bonds. The van der Waals surface area contributed by atoms with Gasteiger partial charge in [0.1, 0.15) is 0 Å². The van der Waals surface area contributed by atoms with Gasteiger partial charge >= 0.3 is 6.01 Å². The Kier molecular flexibility index (Phi) is 6.22. The molecule has 0 aliphatic rings. The first-order valence-electron chi connectivity index (χ1n) is 10.4. The number of nitrogens with one attached hydrogen (secondary N) is 1. The Morgan fingerprint density at radius 3 is 2.16 bits per heavy atom. The van der Waals surface area contributed by atoms with Crippen molar-refractivity contribution in [3.8, 4) is 11.1 Å². The fourth-order valence-corrected chi connectivity index (χ4v) is 3.37. The van der Waals surface area contributed by atoms with Crippen molar-refractivity contribution < 1.29 is 9.21 Å². The maximum Gasteiger partial charge on any atom is 0.322 e. The summed E-state index contributed by atoms with van der Waals surface area (Å²) in [5, 5.41) is 10.7. The summed E-state index contributed by atoms with van der Waals surface area (Å²) in [4.78, 5) is 12.4. The Labute approximate surface area is 182 Å². The van der Waals surface area contributed by atoms with Crippen LogP contribution in [0.1, 0.15) is 42.3 Å². The van der Waals surface area contributed by atoms with Crippen LogP contribution in [0.2, 0.25) is 0 Å². The van der Waals surface area contributed by atoms with Crippen LogP contribution in [0.15, 0.2) is 83.3 Å². The first kappa shape index (κ1) is 20.5. The van der Waals surface area contributed by atoms with Gasteiger partial charge in [-0.3, -0.25) is 10.1 Å². The number of hydrogen-bond acceptors (Lipinski definition) is 4. The molecule has 0 radical (unpaired) electrons. The molecule has 0 bridgehead atoms. The molecule has 1 N–H and O–H groups in total. The van der Waals surface area contributed by atoms with Gasteiger partial charge in [0, 0.05) is 0 Å². The van der Waals surface area contributed by atoms with Gasteiger partial charge in [0.05, 0.1) is 12.8 Å². The predicted molar refractivity (Wildman–Crippen MR) is 122 cm³/mol. The van der Waals surface area contributed by atoms with Crippen LogP contribution in [0.5, 0.6) is 0 Å². The minimum atomic E-state index is -0.191. The van der Waals surface area contributed by atoms with Crippen LogP contribution in [-0.2, 0) is 17.6 Å². The van der Waals surface area contributed by atoms with E-state index in [0.29, 0.717) is 18.2 Å². The molecule has 1 heterocycles. The first-order valence-corrected chi connectivity index (χ1v) is 10.4. The molecule has 0 spiro atoms. The average Bonchev–Trinajstić information content (AvgIpc) is 3.21. The van der Waals surface area contributed by atoms with Crippen LogP contribution in [-0.4, -0.2) is 16.1 Å². The molecule has 0 saturated carbocycles. The van der Waals surface area contributed by atoms with E-state index in [4.69, 9.17) is 4.42 Å². The summed E-state index contributed by atoms with van der Waals surface area (Å²) < 4.78 is 5.60. The standard InChI is InChI=1S/C26H25N3O2/c1-18(2)21-12-8-20(9-13-21)17-25-28-29-26(31-25)27-24(30)16-19-10-14-23(15-11-19)22-6-4-3-5-7-22/h3-15,18H,16-17H2,1-2H3,(H,27,29,30). The zero-order chi connectivity index (χ0) is 21.6. The number of carbonyl (C=O) groups is 1. The third-order valence-corrected chi connectivity index (χ3v) is 5.14. The highest BCUT2D eigenvalue weighted by Crippen LogP contribution is 2.20. The van der Waals surface area contributed by atoms with Crippen molar-refractivity contribution in [2.24, 2.45) is 0 Å². The monoisotopic (exact) mass is 411 g/mol. The van der Waals surface area contributed by atoms with Crippen molar-refractivity contribution in [2.75, 3.05) is 5.32 Å². The van der Waals surface area contributed by atoms with Gasteiger partial charge in [-0.2, -0.15) is 0 Å². The Balaban J connectivity index is 1.32. The van der Waals surface area contributed by atoms with Crippen molar-refractivity contribution in [1.82, 2.24) is 10.2 Å². The summed E-state index contributed by atoms with van der Waals surface area (Å²) in [6.07, 6.45) is 0.769. The minimum Gasteiger partial charge on any atom is -0.407 e. The molecule has 5 nitrogen and oxygen atoms in total. The number of hydrogen-bond donors (Lipinski definition) is 1. The normalized spacial score (nSPS) is 10.9. The second-order valence-corrected chi connectivity index (χ2v) is 7.86. The number of amides is 1. The molecular weight excluding hydrogens is 386 g/mol. The molecule has 0 aliphatic heterocycles. The Morgan fingerprint density at radius 1 is 0.839 bits per heavy atom. The van der Waals surface area contributed by atoms with E-state index in [0.717, 1.165) is 22.3 Å². The summed E-state index contributed by atoms with van der Waals surface area (Å²) in [6.45, 7) is 4.33. The molecule has 0 atom stereocenters. The molecule has 1 aromatic heterocycles. The number of rotatable bonds is 7.